The van der Waals surface area contributed by atoms with Gasteiger partial charge in [0.2, 0.25) is 0 Å². The fourth-order valence-corrected chi connectivity index (χ4v) is 2.49. The molecule has 1 aliphatic rings. The Morgan fingerprint density at radius 3 is 2.61 bits per heavy atom. The predicted molar refractivity (Wildman–Crippen MR) is 69.7 cm³/mol. The van der Waals surface area contributed by atoms with E-state index < -0.39 is 11.0 Å². The Bertz CT molecular complexity index is 448. The van der Waals surface area contributed by atoms with Crippen LogP contribution in [0.4, 0.5) is 0 Å². The maximum absolute atomic E-state index is 11.6. The molecular formula is C15H20O3. The minimum absolute atomic E-state index is 0.166. The average Bonchev–Trinajstić information content (AvgIpc) is 2.23. The average molecular weight is 248 g/mol. The van der Waals surface area contributed by atoms with E-state index in [9.17, 15) is 14.7 Å². The third-order valence-electron chi connectivity index (χ3n) is 3.69. The highest BCUT2D eigenvalue weighted by molar-refractivity contribution is 5.81. The second-order valence-electron chi connectivity index (χ2n) is 5.71. The topological polar surface area (TPSA) is 54.4 Å². The van der Waals surface area contributed by atoms with Crippen molar-refractivity contribution < 1.29 is 14.7 Å². The van der Waals surface area contributed by atoms with Crippen molar-refractivity contribution in [3.05, 3.63) is 11.6 Å². The molecule has 0 aliphatic heterocycles. The molecule has 0 aromatic heterocycles. The van der Waals surface area contributed by atoms with E-state index in [1.54, 1.807) is 6.92 Å². The number of aliphatic hydroxyl groups is 1. The Labute approximate surface area is 108 Å². The third kappa shape index (κ3) is 2.70. The largest absolute Gasteiger partial charge is 0.377 e. The van der Waals surface area contributed by atoms with Gasteiger partial charge in [0, 0.05) is 29.7 Å². The first-order chi connectivity index (χ1) is 8.23. The van der Waals surface area contributed by atoms with Gasteiger partial charge in [0.25, 0.3) is 0 Å². The van der Waals surface area contributed by atoms with E-state index in [0.29, 0.717) is 24.7 Å². The molecule has 0 aromatic rings. The van der Waals surface area contributed by atoms with Crippen LogP contribution in [0.15, 0.2) is 11.6 Å². The number of allylic oxidation sites excluding steroid dienone is 2. The van der Waals surface area contributed by atoms with Crippen molar-refractivity contribution >= 4 is 12.1 Å². The Morgan fingerprint density at radius 2 is 2.11 bits per heavy atom. The summed E-state index contributed by atoms with van der Waals surface area (Å²) in [5.41, 5.74) is -1.16. The van der Waals surface area contributed by atoms with E-state index >= 15 is 0 Å². The van der Waals surface area contributed by atoms with Crippen molar-refractivity contribution in [2.75, 3.05) is 0 Å². The van der Waals surface area contributed by atoms with Crippen LogP contribution in [-0.2, 0) is 9.59 Å². The van der Waals surface area contributed by atoms with E-state index in [0.717, 1.165) is 0 Å². The number of hydrogen-bond donors (Lipinski definition) is 1. The number of hydrogen-bond acceptors (Lipinski definition) is 3. The normalized spacial score (nSPS) is 31.5. The van der Waals surface area contributed by atoms with Crippen molar-refractivity contribution in [3.63, 3.8) is 0 Å². The van der Waals surface area contributed by atoms with Gasteiger partial charge in [-0.2, -0.15) is 0 Å². The molecule has 98 valence electrons. The molecule has 1 aliphatic carbocycles. The van der Waals surface area contributed by atoms with Crippen molar-refractivity contribution in [1.82, 2.24) is 0 Å². The molecule has 0 unspecified atom stereocenters. The van der Waals surface area contributed by atoms with Crippen molar-refractivity contribution in [2.24, 2.45) is 11.3 Å². The van der Waals surface area contributed by atoms with Crippen molar-refractivity contribution in [2.45, 2.75) is 46.1 Å². The van der Waals surface area contributed by atoms with E-state index in [1.807, 2.05) is 20.8 Å². The minimum Gasteiger partial charge on any atom is -0.377 e. The van der Waals surface area contributed by atoms with Crippen LogP contribution >= 0.6 is 0 Å². The molecule has 0 heterocycles. The fraction of sp³-hybridized carbons (Fsp3) is 0.600. The minimum atomic E-state index is -1.20. The van der Waals surface area contributed by atoms with Crippen LogP contribution in [0.3, 0.4) is 0 Å². The van der Waals surface area contributed by atoms with Crippen LogP contribution in [-0.4, -0.2) is 22.8 Å². The molecule has 3 nitrogen and oxygen atoms in total. The maximum atomic E-state index is 11.6. The van der Waals surface area contributed by atoms with Gasteiger partial charge < -0.3 is 5.11 Å². The van der Waals surface area contributed by atoms with Crippen molar-refractivity contribution in [1.29, 1.82) is 0 Å². The molecule has 0 amide bonds. The molecule has 1 rings (SSSR count). The van der Waals surface area contributed by atoms with Gasteiger partial charge >= 0.3 is 0 Å². The molecule has 0 spiro atoms. The highest BCUT2D eigenvalue weighted by atomic mass is 16.3. The lowest BCUT2D eigenvalue weighted by molar-refractivity contribution is -0.140. The number of Topliss-reactive ketones (excluding diaryl/α,β-unsaturated/α-hetero) is 1. The Kier molecular flexibility index (Phi) is 4.13. The second kappa shape index (κ2) is 5.07. The van der Waals surface area contributed by atoms with Crippen LogP contribution in [0, 0.1) is 23.2 Å². The fourth-order valence-electron chi connectivity index (χ4n) is 2.49. The molecule has 3 heteroatoms. The van der Waals surface area contributed by atoms with E-state index in [2.05, 4.69) is 11.8 Å². The number of rotatable bonds is 1. The lowest BCUT2D eigenvalue weighted by Gasteiger charge is -2.46. The molecule has 18 heavy (non-hydrogen) atoms. The highest BCUT2D eigenvalue weighted by Crippen LogP contribution is 2.45. The Morgan fingerprint density at radius 1 is 1.50 bits per heavy atom. The summed E-state index contributed by atoms with van der Waals surface area (Å²) in [4.78, 5) is 21.9. The Hall–Kier alpha value is -1.40. The van der Waals surface area contributed by atoms with Crippen LogP contribution in [0.5, 0.6) is 0 Å². The Balaban J connectivity index is 3.12. The number of aldehydes is 1. The molecule has 0 radical (unpaired) electrons. The zero-order chi connectivity index (χ0) is 14.0. The molecular weight excluding hydrogens is 228 g/mol. The molecule has 0 aromatic carbocycles. The summed E-state index contributed by atoms with van der Waals surface area (Å²) in [5, 5.41) is 10.8. The number of carbonyl (C=O) groups is 2. The predicted octanol–water partition coefficient (Wildman–Crippen LogP) is 1.89. The second-order valence-corrected chi connectivity index (χ2v) is 5.71. The summed E-state index contributed by atoms with van der Waals surface area (Å²) in [7, 11) is 0. The lowest BCUT2D eigenvalue weighted by atomic mass is 9.60. The van der Waals surface area contributed by atoms with E-state index in [4.69, 9.17) is 0 Å². The van der Waals surface area contributed by atoms with Crippen molar-refractivity contribution in [3.8, 4) is 11.8 Å². The SMILES string of the molecule is C/C(C#C[C@]1(O)[C@H](C)CC(=O)CC1(C)C)=C\C=O. The van der Waals surface area contributed by atoms with E-state index in [-0.39, 0.29) is 11.7 Å². The standard InChI is InChI=1S/C15H20O3/c1-11(6-8-16)5-7-15(18)12(2)9-13(17)10-14(15,3)4/h6,8,12,18H,9-10H2,1-4H3/b11-6+/t12-,15+/m1/s1. The first-order valence-electron chi connectivity index (χ1n) is 6.12. The van der Waals surface area contributed by atoms with Gasteiger partial charge in [-0.3, -0.25) is 9.59 Å². The summed E-state index contributed by atoms with van der Waals surface area (Å²) >= 11 is 0. The van der Waals surface area contributed by atoms with Gasteiger partial charge in [-0.1, -0.05) is 32.6 Å². The first-order valence-corrected chi connectivity index (χ1v) is 6.12. The summed E-state index contributed by atoms with van der Waals surface area (Å²) in [5.74, 6) is 5.64. The smallest absolute Gasteiger partial charge is 0.143 e. The van der Waals surface area contributed by atoms with Crippen LogP contribution < -0.4 is 0 Å². The lowest BCUT2D eigenvalue weighted by Crippen LogP contribution is -2.53. The van der Waals surface area contributed by atoms with Gasteiger partial charge in [-0.05, 0) is 13.0 Å². The molecule has 1 fully saturated rings. The summed E-state index contributed by atoms with van der Waals surface area (Å²) in [6.45, 7) is 7.27. The van der Waals surface area contributed by atoms with Crippen LogP contribution in [0.25, 0.3) is 0 Å². The van der Waals surface area contributed by atoms with Gasteiger partial charge in [-0.15, -0.1) is 0 Å². The monoisotopic (exact) mass is 248 g/mol. The highest BCUT2D eigenvalue weighted by Gasteiger charge is 2.51. The molecule has 0 saturated heterocycles. The molecule has 2 atom stereocenters. The number of ketones is 1. The zero-order valence-electron chi connectivity index (χ0n) is 11.4. The molecule has 0 bridgehead atoms. The third-order valence-corrected chi connectivity index (χ3v) is 3.69. The summed E-state index contributed by atoms with van der Waals surface area (Å²) < 4.78 is 0. The molecule has 1 saturated carbocycles. The maximum Gasteiger partial charge on any atom is 0.143 e. The first kappa shape index (κ1) is 14.7. The van der Waals surface area contributed by atoms with Crippen LogP contribution in [0.2, 0.25) is 0 Å². The van der Waals surface area contributed by atoms with Gasteiger partial charge in [0.1, 0.15) is 17.7 Å². The van der Waals surface area contributed by atoms with Gasteiger partial charge in [-0.25, -0.2) is 0 Å². The summed E-state index contributed by atoms with van der Waals surface area (Å²) in [6, 6.07) is 0. The van der Waals surface area contributed by atoms with Gasteiger partial charge in [0.05, 0.1) is 0 Å². The quantitative estimate of drug-likeness (QED) is 0.438. The van der Waals surface area contributed by atoms with E-state index in [1.165, 1.54) is 6.08 Å². The number of carbonyl (C=O) groups excluding carboxylic acids is 2. The van der Waals surface area contributed by atoms with Crippen LogP contribution in [0.1, 0.15) is 40.5 Å². The van der Waals surface area contributed by atoms with Gasteiger partial charge in [0.15, 0.2) is 0 Å². The zero-order valence-corrected chi connectivity index (χ0v) is 11.4. The summed E-state index contributed by atoms with van der Waals surface area (Å²) in [6.07, 6.45) is 2.72. The molecule has 1 N–H and O–H groups in total.